The van der Waals surface area contributed by atoms with Gasteiger partial charge in [-0.3, -0.25) is 14.9 Å². The van der Waals surface area contributed by atoms with Crippen molar-refractivity contribution in [2.75, 3.05) is 12.3 Å². The third-order valence-electron chi connectivity index (χ3n) is 2.60. The van der Waals surface area contributed by atoms with Gasteiger partial charge in [0.2, 0.25) is 11.8 Å². The number of aryl methyl sites for hydroxylation is 1. The molecule has 0 aliphatic heterocycles. The van der Waals surface area contributed by atoms with Gasteiger partial charge in [-0.05, 0) is 13.3 Å². The van der Waals surface area contributed by atoms with Crippen LogP contribution in [0.4, 0.5) is 4.79 Å². The van der Waals surface area contributed by atoms with Gasteiger partial charge in [0, 0.05) is 11.4 Å². The summed E-state index contributed by atoms with van der Waals surface area (Å²) >= 11 is 2.56. The quantitative estimate of drug-likeness (QED) is 0.484. The van der Waals surface area contributed by atoms with Gasteiger partial charge < -0.3 is 11.1 Å². The van der Waals surface area contributed by atoms with Crippen molar-refractivity contribution in [3.63, 3.8) is 0 Å². The van der Waals surface area contributed by atoms with Gasteiger partial charge in [-0.2, -0.15) is 0 Å². The van der Waals surface area contributed by atoms with Crippen molar-refractivity contribution in [3.05, 3.63) is 10.6 Å². The Morgan fingerprint density at radius 2 is 2.09 bits per heavy atom. The molecule has 1 aromatic heterocycles. The number of hydrogen-bond acceptors (Lipinski definition) is 6. The number of nitrogens with one attached hydrogen (secondary N) is 2. The van der Waals surface area contributed by atoms with Crippen molar-refractivity contribution >= 4 is 40.9 Å². The number of aromatic nitrogens is 1. The first kappa shape index (κ1) is 18.4. The Balaban J connectivity index is 2.37. The summed E-state index contributed by atoms with van der Waals surface area (Å²) in [5.41, 5.74) is 5.89. The minimum atomic E-state index is -0.483. The Morgan fingerprint density at radius 1 is 1.36 bits per heavy atom. The number of urea groups is 1. The number of nitrogens with zero attached hydrogens (tertiary/aromatic N) is 1. The predicted molar refractivity (Wildman–Crippen MR) is 86.9 cm³/mol. The number of thioether (sulfide) groups is 1. The monoisotopic (exact) mass is 344 g/mol. The van der Waals surface area contributed by atoms with Crippen LogP contribution in [-0.2, 0) is 16.0 Å². The summed E-state index contributed by atoms with van der Waals surface area (Å²) in [4.78, 5) is 39.0. The van der Waals surface area contributed by atoms with Crippen molar-refractivity contribution in [1.82, 2.24) is 15.6 Å². The first-order valence-electron chi connectivity index (χ1n) is 6.87. The summed E-state index contributed by atoms with van der Waals surface area (Å²) in [6.07, 6.45) is 1.99. The number of carbonyl (C=O) groups excluding carboxylic acids is 3. The molecule has 0 bridgehead atoms. The number of rotatable bonds is 8. The van der Waals surface area contributed by atoms with Gasteiger partial charge in [-0.1, -0.05) is 25.1 Å². The van der Waals surface area contributed by atoms with E-state index in [0.29, 0.717) is 10.9 Å². The van der Waals surface area contributed by atoms with Crippen LogP contribution < -0.4 is 16.4 Å². The lowest BCUT2D eigenvalue weighted by atomic mass is 10.3. The molecule has 0 aliphatic rings. The molecule has 0 aromatic carbocycles. The predicted octanol–water partition coefficient (Wildman–Crippen LogP) is 1.20. The molecule has 1 heterocycles. The summed E-state index contributed by atoms with van der Waals surface area (Å²) in [6, 6.07) is -0.483. The topological polar surface area (TPSA) is 114 Å². The number of hydrogen-bond donors (Lipinski definition) is 3. The fourth-order valence-electron chi connectivity index (χ4n) is 1.50. The van der Waals surface area contributed by atoms with Crippen LogP contribution in [0.1, 0.15) is 30.3 Å². The average Bonchev–Trinajstić information content (AvgIpc) is 2.76. The highest BCUT2D eigenvalue weighted by Crippen LogP contribution is 2.27. The highest BCUT2D eigenvalue weighted by atomic mass is 32.2. The number of thiazole rings is 1. The fraction of sp³-hybridized carbons (Fsp3) is 0.538. The molecule has 0 spiro atoms. The van der Waals surface area contributed by atoms with Gasteiger partial charge in [0.1, 0.15) is 0 Å². The second kappa shape index (κ2) is 9.42. The molecule has 0 saturated carbocycles. The van der Waals surface area contributed by atoms with Crippen LogP contribution in [0.3, 0.4) is 0 Å². The van der Waals surface area contributed by atoms with Crippen molar-refractivity contribution in [1.29, 1.82) is 0 Å². The molecule has 7 nitrogen and oxygen atoms in total. The Kier molecular flexibility index (Phi) is 7.89. The molecule has 9 heteroatoms. The zero-order chi connectivity index (χ0) is 16.5. The normalized spacial score (nSPS) is 10.3. The molecular weight excluding hydrogens is 324 g/mol. The lowest BCUT2D eigenvalue weighted by molar-refractivity contribution is -0.118. The SMILES string of the molecule is CCCCNC(=O)NC(=O)CSc1nc(C)c(CC(N)=O)s1. The Hall–Kier alpha value is -1.61. The third kappa shape index (κ3) is 6.90. The largest absolute Gasteiger partial charge is 0.369 e. The Morgan fingerprint density at radius 3 is 2.73 bits per heavy atom. The van der Waals surface area contributed by atoms with Crippen LogP contribution in [-0.4, -0.2) is 35.1 Å². The summed E-state index contributed by atoms with van der Waals surface area (Å²) < 4.78 is 0.676. The Bertz CT molecular complexity index is 545. The van der Waals surface area contributed by atoms with E-state index < -0.39 is 11.9 Å². The van der Waals surface area contributed by atoms with E-state index in [1.54, 1.807) is 6.92 Å². The van der Waals surface area contributed by atoms with Crippen LogP contribution in [0.25, 0.3) is 0 Å². The summed E-state index contributed by atoms with van der Waals surface area (Å²) in [7, 11) is 0. The van der Waals surface area contributed by atoms with Crippen molar-refractivity contribution in [3.8, 4) is 0 Å². The maximum absolute atomic E-state index is 11.6. The lowest BCUT2D eigenvalue weighted by Gasteiger charge is -2.05. The summed E-state index contributed by atoms with van der Waals surface area (Å²) in [5.74, 6) is -0.711. The molecule has 4 amide bonds. The number of carbonyl (C=O) groups is 3. The Labute approximate surface area is 137 Å². The molecule has 1 aromatic rings. The van der Waals surface area contributed by atoms with Gasteiger partial charge in [-0.15, -0.1) is 11.3 Å². The molecule has 0 saturated heterocycles. The van der Waals surface area contributed by atoms with Crippen LogP contribution in [0.15, 0.2) is 4.34 Å². The highest BCUT2D eigenvalue weighted by molar-refractivity contribution is 8.01. The number of primary amides is 1. The minimum absolute atomic E-state index is 0.0875. The van der Waals surface area contributed by atoms with E-state index in [2.05, 4.69) is 15.6 Å². The number of amides is 4. The maximum Gasteiger partial charge on any atom is 0.321 e. The van der Waals surface area contributed by atoms with E-state index in [4.69, 9.17) is 5.73 Å². The second-order valence-corrected chi connectivity index (χ2v) is 6.88. The zero-order valence-corrected chi connectivity index (χ0v) is 14.2. The third-order valence-corrected chi connectivity index (χ3v) is 4.90. The first-order valence-corrected chi connectivity index (χ1v) is 8.67. The molecule has 0 atom stereocenters. The molecular formula is C13H20N4O3S2. The van der Waals surface area contributed by atoms with Gasteiger partial charge in [0.15, 0.2) is 4.34 Å². The standard InChI is InChI=1S/C13H20N4O3S2/c1-3-4-5-15-12(20)17-11(19)7-21-13-16-8(2)9(22-13)6-10(14)18/h3-7H2,1-2H3,(H2,14,18)(H2,15,17,19,20). The van der Waals surface area contributed by atoms with E-state index in [1.165, 1.54) is 23.1 Å². The highest BCUT2D eigenvalue weighted by Gasteiger charge is 2.13. The molecule has 0 radical (unpaired) electrons. The molecule has 0 fully saturated rings. The molecule has 122 valence electrons. The number of imide groups is 1. The van der Waals surface area contributed by atoms with Crippen molar-refractivity contribution < 1.29 is 14.4 Å². The van der Waals surface area contributed by atoms with Gasteiger partial charge in [-0.25, -0.2) is 9.78 Å². The summed E-state index contributed by atoms with van der Waals surface area (Å²) in [5, 5.41) is 4.86. The first-order chi connectivity index (χ1) is 10.4. The van der Waals surface area contributed by atoms with Crippen LogP contribution in [0, 0.1) is 6.92 Å². The van der Waals surface area contributed by atoms with Crippen molar-refractivity contribution in [2.24, 2.45) is 5.73 Å². The molecule has 4 N–H and O–H groups in total. The maximum atomic E-state index is 11.6. The summed E-state index contributed by atoms with van der Waals surface area (Å²) in [6.45, 7) is 4.36. The van der Waals surface area contributed by atoms with Crippen molar-refractivity contribution in [2.45, 2.75) is 37.4 Å². The molecule has 1 rings (SSSR count). The lowest BCUT2D eigenvalue weighted by Crippen LogP contribution is -2.40. The van der Waals surface area contributed by atoms with E-state index >= 15 is 0 Å². The number of unbranched alkanes of at least 4 members (excludes halogenated alkanes) is 1. The molecule has 0 aliphatic carbocycles. The minimum Gasteiger partial charge on any atom is -0.369 e. The van der Waals surface area contributed by atoms with E-state index in [1.807, 2.05) is 6.92 Å². The number of nitrogens with two attached hydrogens (primary N) is 1. The van der Waals surface area contributed by atoms with Crippen LogP contribution in [0.2, 0.25) is 0 Å². The average molecular weight is 344 g/mol. The van der Waals surface area contributed by atoms with Crippen LogP contribution in [0.5, 0.6) is 0 Å². The second-order valence-electron chi connectivity index (χ2n) is 4.58. The zero-order valence-electron chi connectivity index (χ0n) is 12.6. The van der Waals surface area contributed by atoms with E-state index in [9.17, 15) is 14.4 Å². The fourth-order valence-corrected chi connectivity index (χ4v) is 3.54. The van der Waals surface area contributed by atoms with Gasteiger partial charge in [0.05, 0.1) is 17.9 Å². The van der Waals surface area contributed by atoms with Gasteiger partial charge >= 0.3 is 6.03 Å². The van der Waals surface area contributed by atoms with Gasteiger partial charge in [0.25, 0.3) is 0 Å². The van der Waals surface area contributed by atoms with Crippen LogP contribution >= 0.6 is 23.1 Å². The van der Waals surface area contributed by atoms with E-state index in [-0.39, 0.29) is 18.1 Å². The smallest absolute Gasteiger partial charge is 0.321 e. The van der Waals surface area contributed by atoms with E-state index in [0.717, 1.165) is 23.4 Å². The molecule has 0 unspecified atom stereocenters. The molecule has 22 heavy (non-hydrogen) atoms.